The highest BCUT2D eigenvalue weighted by atomic mass is 16.4. The van der Waals surface area contributed by atoms with Crippen molar-refractivity contribution in [2.75, 3.05) is 0 Å². The maximum atomic E-state index is 10.2. The van der Waals surface area contributed by atoms with Gasteiger partial charge in [-0.15, -0.1) is 0 Å². The Balaban J connectivity index is 3.19. The van der Waals surface area contributed by atoms with Gasteiger partial charge in [-0.2, -0.15) is 0 Å². The van der Waals surface area contributed by atoms with Crippen LogP contribution in [0.5, 0.6) is 0 Å². The van der Waals surface area contributed by atoms with E-state index in [1.165, 1.54) is 70.6 Å². The van der Waals surface area contributed by atoms with Gasteiger partial charge in [-0.05, 0) is 38.5 Å². The van der Waals surface area contributed by atoms with Crippen molar-refractivity contribution in [1.29, 1.82) is 0 Å². The minimum atomic E-state index is -0.888. The van der Waals surface area contributed by atoms with E-state index in [1.807, 2.05) is 12.2 Å². The Morgan fingerprint density at radius 3 is 1.77 bits per heavy atom. The summed E-state index contributed by atoms with van der Waals surface area (Å²) in [6.45, 7) is 2.25. The summed E-state index contributed by atoms with van der Waals surface area (Å²) in [5.41, 5.74) is 0. The monoisotopic (exact) mass is 306 g/mol. The van der Waals surface area contributed by atoms with Gasteiger partial charge in [0.25, 0.3) is 0 Å². The van der Waals surface area contributed by atoms with Gasteiger partial charge in [-0.3, -0.25) is 0 Å². The molecule has 0 unspecified atom stereocenters. The summed E-state index contributed by atoms with van der Waals surface area (Å²) < 4.78 is 0. The first-order valence-electron chi connectivity index (χ1n) is 8.98. The lowest BCUT2D eigenvalue weighted by Crippen LogP contribution is -1.84. The fourth-order valence-corrected chi connectivity index (χ4v) is 2.29. The molecule has 0 aromatic heterocycles. The molecule has 1 N–H and O–H groups in total. The Labute approximate surface area is 137 Å². The number of hydrogen-bond acceptors (Lipinski definition) is 1. The fraction of sp³-hybridized carbons (Fsp3) is 0.650. The largest absolute Gasteiger partial charge is 0.478 e. The van der Waals surface area contributed by atoms with Gasteiger partial charge in [0.2, 0.25) is 0 Å². The van der Waals surface area contributed by atoms with E-state index in [0.717, 1.165) is 12.5 Å². The molecule has 0 heterocycles. The Hall–Kier alpha value is -1.31. The second kappa shape index (κ2) is 17.7. The molecule has 0 aliphatic rings. The zero-order valence-electron chi connectivity index (χ0n) is 14.3. The van der Waals surface area contributed by atoms with Crippen LogP contribution in [0.1, 0.15) is 84.0 Å². The van der Waals surface area contributed by atoms with Crippen LogP contribution in [-0.4, -0.2) is 11.1 Å². The number of hydrogen-bond donors (Lipinski definition) is 1. The smallest absolute Gasteiger partial charge is 0.328 e. The van der Waals surface area contributed by atoms with Crippen molar-refractivity contribution >= 4 is 5.97 Å². The number of unbranched alkanes of at least 4 members (excludes halogenated alkanes) is 10. The number of allylic oxidation sites excluding steroid dienone is 5. The van der Waals surface area contributed by atoms with Crippen molar-refractivity contribution in [1.82, 2.24) is 0 Å². The van der Waals surface area contributed by atoms with Crippen LogP contribution in [-0.2, 0) is 4.79 Å². The Morgan fingerprint density at radius 1 is 0.727 bits per heavy atom. The van der Waals surface area contributed by atoms with E-state index in [0.29, 0.717) is 0 Å². The van der Waals surface area contributed by atoms with Crippen LogP contribution < -0.4 is 0 Å². The van der Waals surface area contributed by atoms with Crippen LogP contribution in [0.4, 0.5) is 0 Å². The number of aliphatic carboxylic acids is 1. The summed E-state index contributed by atoms with van der Waals surface area (Å²) in [5, 5.41) is 8.41. The maximum absolute atomic E-state index is 10.2. The number of carboxylic acid groups (broad SMARTS) is 1. The molecule has 126 valence electrons. The molecule has 0 aromatic rings. The first-order chi connectivity index (χ1) is 10.8. The van der Waals surface area contributed by atoms with E-state index >= 15 is 0 Å². The van der Waals surface area contributed by atoms with Gasteiger partial charge >= 0.3 is 5.97 Å². The minimum Gasteiger partial charge on any atom is -0.478 e. The third kappa shape index (κ3) is 18.7. The van der Waals surface area contributed by atoms with Crippen molar-refractivity contribution in [3.63, 3.8) is 0 Å². The summed E-state index contributed by atoms with van der Waals surface area (Å²) in [4.78, 5) is 10.2. The van der Waals surface area contributed by atoms with E-state index in [4.69, 9.17) is 5.11 Å². The second-order valence-electron chi connectivity index (χ2n) is 5.79. The molecule has 0 radical (unpaired) electrons. The van der Waals surface area contributed by atoms with Crippen molar-refractivity contribution in [2.45, 2.75) is 84.0 Å². The molecule has 0 aliphatic heterocycles. The SMILES string of the molecule is CCCCCC=CCCCCCCCCC=CC=CC(=O)O. The number of rotatable bonds is 15. The summed E-state index contributed by atoms with van der Waals surface area (Å²) in [7, 11) is 0. The fourth-order valence-electron chi connectivity index (χ4n) is 2.29. The van der Waals surface area contributed by atoms with Crippen molar-refractivity contribution in [3.8, 4) is 0 Å². The lowest BCUT2D eigenvalue weighted by molar-refractivity contribution is -0.131. The molecule has 0 aromatic carbocycles. The molecular weight excluding hydrogens is 272 g/mol. The molecule has 0 bridgehead atoms. The van der Waals surface area contributed by atoms with Gasteiger partial charge < -0.3 is 5.11 Å². The number of carbonyl (C=O) groups is 1. The summed E-state index contributed by atoms with van der Waals surface area (Å²) in [6, 6.07) is 0. The second-order valence-corrected chi connectivity index (χ2v) is 5.79. The molecule has 0 saturated heterocycles. The standard InChI is InChI=1S/C20H34O2/c1-2-3-4-5-6-7-8-9-10-11-12-13-14-15-16-17-18-19-20(21)22/h6-7,16-19H,2-5,8-15H2,1H3,(H,21,22). The molecule has 0 aliphatic carbocycles. The Bertz CT molecular complexity index is 327. The summed E-state index contributed by atoms with van der Waals surface area (Å²) >= 11 is 0. The highest BCUT2D eigenvalue weighted by Gasteiger charge is 1.90. The predicted octanol–water partition coefficient (Wildman–Crippen LogP) is 6.44. The van der Waals surface area contributed by atoms with E-state index in [1.54, 1.807) is 6.08 Å². The maximum Gasteiger partial charge on any atom is 0.328 e. The third-order valence-corrected chi connectivity index (χ3v) is 3.62. The van der Waals surface area contributed by atoms with E-state index in [-0.39, 0.29) is 0 Å². The summed E-state index contributed by atoms with van der Waals surface area (Å²) in [6.07, 6.45) is 26.7. The van der Waals surface area contributed by atoms with Crippen molar-refractivity contribution in [2.24, 2.45) is 0 Å². The predicted molar refractivity (Wildman–Crippen MR) is 96.1 cm³/mol. The zero-order valence-corrected chi connectivity index (χ0v) is 14.3. The van der Waals surface area contributed by atoms with Crippen LogP contribution in [0, 0.1) is 0 Å². The van der Waals surface area contributed by atoms with Gasteiger partial charge in [0.05, 0.1) is 0 Å². The average molecular weight is 306 g/mol. The van der Waals surface area contributed by atoms with Crippen LogP contribution in [0.25, 0.3) is 0 Å². The van der Waals surface area contributed by atoms with Crippen LogP contribution in [0.2, 0.25) is 0 Å². The average Bonchev–Trinajstić information content (AvgIpc) is 2.50. The molecular formula is C20H34O2. The third-order valence-electron chi connectivity index (χ3n) is 3.62. The molecule has 2 nitrogen and oxygen atoms in total. The highest BCUT2D eigenvalue weighted by Crippen LogP contribution is 2.09. The van der Waals surface area contributed by atoms with E-state index in [2.05, 4.69) is 19.1 Å². The first-order valence-corrected chi connectivity index (χ1v) is 8.98. The normalized spacial score (nSPS) is 12.0. The summed E-state index contributed by atoms with van der Waals surface area (Å²) in [5.74, 6) is -0.888. The first kappa shape index (κ1) is 20.7. The molecule has 0 rings (SSSR count). The van der Waals surface area contributed by atoms with Crippen molar-refractivity contribution < 1.29 is 9.90 Å². The van der Waals surface area contributed by atoms with Gasteiger partial charge in [0, 0.05) is 6.08 Å². The Kier molecular flexibility index (Phi) is 16.7. The molecule has 22 heavy (non-hydrogen) atoms. The van der Waals surface area contributed by atoms with E-state index < -0.39 is 5.97 Å². The van der Waals surface area contributed by atoms with Gasteiger partial charge in [-0.25, -0.2) is 4.79 Å². The highest BCUT2D eigenvalue weighted by molar-refractivity contribution is 5.80. The van der Waals surface area contributed by atoms with Gasteiger partial charge in [0.1, 0.15) is 0 Å². The molecule has 0 fully saturated rings. The topological polar surface area (TPSA) is 37.3 Å². The molecule has 0 spiro atoms. The lowest BCUT2D eigenvalue weighted by Gasteiger charge is -1.99. The van der Waals surface area contributed by atoms with Crippen molar-refractivity contribution in [3.05, 3.63) is 36.5 Å². The molecule has 0 amide bonds. The van der Waals surface area contributed by atoms with Gasteiger partial charge in [-0.1, -0.05) is 75.8 Å². The zero-order chi connectivity index (χ0) is 16.3. The molecule has 0 saturated carbocycles. The molecule has 2 heteroatoms. The van der Waals surface area contributed by atoms with Crippen LogP contribution >= 0.6 is 0 Å². The quantitative estimate of drug-likeness (QED) is 0.163. The van der Waals surface area contributed by atoms with Crippen LogP contribution in [0.3, 0.4) is 0 Å². The van der Waals surface area contributed by atoms with Gasteiger partial charge in [0.15, 0.2) is 0 Å². The van der Waals surface area contributed by atoms with Crippen LogP contribution in [0.15, 0.2) is 36.5 Å². The Morgan fingerprint density at radius 2 is 1.23 bits per heavy atom. The minimum absolute atomic E-state index is 0.888. The van der Waals surface area contributed by atoms with E-state index in [9.17, 15) is 4.79 Å². The number of carboxylic acids is 1. The lowest BCUT2D eigenvalue weighted by atomic mass is 10.1. The molecule has 0 atom stereocenters.